The molecule has 4 rings (SSSR count). The van der Waals surface area contributed by atoms with E-state index in [1.807, 2.05) is 0 Å². The Labute approximate surface area is 189 Å². The normalized spacial score (nSPS) is 11.8. The molecule has 0 spiro atoms. The molecular weight excluding hydrogens is 435 g/mol. The number of hydrogen-bond donors (Lipinski definition) is 2. The molecule has 1 heterocycles. The summed E-state index contributed by atoms with van der Waals surface area (Å²) in [6, 6.07) is 18.3. The zero-order valence-corrected chi connectivity index (χ0v) is 18.0. The van der Waals surface area contributed by atoms with Gasteiger partial charge < -0.3 is 15.2 Å². The number of phenols is 1. The zero-order valence-electron chi connectivity index (χ0n) is 16.5. The van der Waals surface area contributed by atoms with Crippen molar-refractivity contribution in [1.82, 2.24) is 10.3 Å². The molecule has 1 atom stereocenters. The second-order valence-corrected chi connectivity index (χ2v) is 7.73. The summed E-state index contributed by atoms with van der Waals surface area (Å²) in [5.41, 5.74) is 1.93. The van der Waals surface area contributed by atoms with Crippen molar-refractivity contribution < 1.29 is 14.6 Å². The van der Waals surface area contributed by atoms with E-state index in [2.05, 4.69) is 10.3 Å². The van der Waals surface area contributed by atoms with Crippen LogP contribution in [0.2, 0.25) is 10.0 Å². The number of rotatable bonds is 5. The van der Waals surface area contributed by atoms with Crippen molar-refractivity contribution in [2.24, 2.45) is 0 Å². The van der Waals surface area contributed by atoms with Gasteiger partial charge >= 0.3 is 0 Å². The van der Waals surface area contributed by atoms with Gasteiger partial charge in [0.25, 0.3) is 5.91 Å². The third-order valence-corrected chi connectivity index (χ3v) is 5.53. The summed E-state index contributed by atoms with van der Waals surface area (Å²) in [4.78, 5) is 17.3. The highest BCUT2D eigenvalue weighted by atomic mass is 35.5. The molecule has 7 heteroatoms. The van der Waals surface area contributed by atoms with Crippen molar-refractivity contribution >= 4 is 40.0 Å². The van der Waals surface area contributed by atoms with Crippen molar-refractivity contribution in [1.29, 1.82) is 0 Å². The number of amides is 1. The lowest BCUT2D eigenvalue weighted by Crippen LogP contribution is -2.29. The number of aromatic nitrogens is 1. The van der Waals surface area contributed by atoms with Crippen LogP contribution in [-0.2, 0) is 0 Å². The van der Waals surface area contributed by atoms with Crippen LogP contribution in [0.25, 0.3) is 10.9 Å². The summed E-state index contributed by atoms with van der Waals surface area (Å²) in [5.74, 6) is 0.179. The SMILES string of the molecule is COc1cccc(C(=O)N[C@@H](c2ccc(Cl)cc2)c2cc(Cl)c3cccnc3c2O)c1. The maximum absolute atomic E-state index is 13.1. The average molecular weight is 453 g/mol. The minimum Gasteiger partial charge on any atom is -0.505 e. The van der Waals surface area contributed by atoms with E-state index in [9.17, 15) is 9.90 Å². The Morgan fingerprint density at radius 1 is 1.06 bits per heavy atom. The number of carbonyl (C=O) groups excluding carboxylic acids is 1. The van der Waals surface area contributed by atoms with Gasteiger partial charge in [0, 0.05) is 27.7 Å². The molecule has 31 heavy (non-hydrogen) atoms. The van der Waals surface area contributed by atoms with Crippen LogP contribution in [0.15, 0.2) is 72.9 Å². The van der Waals surface area contributed by atoms with Crippen molar-refractivity contribution in [2.75, 3.05) is 7.11 Å². The van der Waals surface area contributed by atoms with Crippen LogP contribution in [0.3, 0.4) is 0 Å². The lowest BCUT2D eigenvalue weighted by molar-refractivity contribution is 0.0942. The summed E-state index contributed by atoms with van der Waals surface area (Å²) in [7, 11) is 1.54. The van der Waals surface area contributed by atoms with Crippen molar-refractivity contribution in [3.63, 3.8) is 0 Å². The monoisotopic (exact) mass is 452 g/mol. The van der Waals surface area contributed by atoms with E-state index in [0.717, 1.165) is 5.56 Å². The van der Waals surface area contributed by atoms with Gasteiger partial charge in [-0.15, -0.1) is 0 Å². The van der Waals surface area contributed by atoms with Crippen LogP contribution in [0.4, 0.5) is 0 Å². The van der Waals surface area contributed by atoms with Gasteiger partial charge in [0.2, 0.25) is 0 Å². The van der Waals surface area contributed by atoms with E-state index in [0.29, 0.717) is 37.8 Å². The average Bonchev–Trinajstić information content (AvgIpc) is 2.80. The van der Waals surface area contributed by atoms with Crippen LogP contribution in [0.5, 0.6) is 11.5 Å². The van der Waals surface area contributed by atoms with Crippen LogP contribution >= 0.6 is 23.2 Å². The molecule has 4 aromatic rings. The first kappa shape index (κ1) is 21.0. The lowest BCUT2D eigenvalue weighted by atomic mass is 9.95. The number of carbonyl (C=O) groups is 1. The number of nitrogens with zero attached hydrogens (tertiary/aromatic N) is 1. The highest BCUT2D eigenvalue weighted by molar-refractivity contribution is 6.35. The zero-order chi connectivity index (χ0) is 22.0. The fraction of sp³-hybridized carbons (Fsp3) is 0.0833. The van der Waals surface area contributed by atoms with Gasteiger partial charge in [0.15, 0.2) is 0 Å². The number of halogens is 2. The topological polar surface area (TPSA) is 71.5 Å². The third kappa shape index (κ3) is 4.29. The van der Waals surface area contributed by atoms with Gasteiger partial charge in [-0.2, -0.15) is 0 Å². The fourth-order valence-electron chi connectivity index (χ4n) is 3.40. The van der Waals surface area contributed by atoms with Gasteiger partial charge in [0.1, 0.15) is 17.0 Å². The Bertz CT molecular complexity index is 1260. The van der Waals surface area contributed by atoms with Gasteiger partial charge in [-0.1, -0.05) is 41.4 Å². The number of methoxy groups -OCH3 is 1. The number of nitrogens with one attached hydrogen (secondary N) is 1. The predicted molar refractivity (Wildman–Crippen MR) is 122 cm³/mol. The van der Waals surface area contributed by atoms with E-state index >= 15 is 0 Å². The number of hydrogen-bond acceptors (Lipinski definition) is 4. The molecule has 1 aromatic heterocycles. The summed E-state index contributed by atoms with van der Waals surface area (Å²) >= 11 is 12.5. The predicted octanol–water partition coefficient (Wildman–Crippen LogP) is 5.78. The summed E-state index contributed by atoms with van der Waals surface area (Å²) in [6.07, 6.45) is 1.58. The standard InChI is InChI=1S/C24H18Cl2N2O3/c1-31-17-5-2-4-15(12-17)24(30)28-21(14-7-9-16(25)10-8-14)19-13-20(26)18-6-3-11-27-22(18)23(19)29/h2-13,21,29H,1H3,(H,28,30)/t21-/m0/s1. The Morgan fingerprint density at radius 2 is 1.84 bits per heavy atom. The number of benzene rings is 3. The van der Waals surface area contributed by atoms with E-state index in [4.69, 9.17) is 27.9 Å². The fourth-order valence-corrected chi connectivity index (χ4v) is 3.80. The molecule has 0 unspecified atom stereocenters. The molecule has 0 bridgehead atoms. The van der Waals surface area contributed by atoms with Crippen LogP contribution in [0.1, 0.15) is 27.5 Å². The minimum absolute atomic E-state index is 0.0501. The Morgan fingerprint density at radius 3 is 2.58 bits per heavy atom. The molecular formula is C24H18Cl2N2O3. The van der Waals surface area contributed by atoms with Crippen LogP contribution in [0, 0.1) is 0 Å². The van der Waals surface area contributed by atoms with Gasteiger partial charge in [0.05, 0.1) is 18.2 Å². The second kappa shape index (κ2) is 8.84. The number of phenolic OH excluding ortho intramolecular Hbond substituents is 1. The van der Waals surface area contributed by atoms with E-state index in [-0.39, 0.29) is 11.7 Å². The Balaban J connectivity index is 1.82. The molecule has 2 N–H and O–H groups in total. The number of ether oxygens (including phenoxy) is 1. The molecule has 0 fully saturated rings. The highest BCUT2D eigenvalue weighted by Gasteiger charge is 2.24. The molecule has 0 radical (unpaired) electrons. The van der Waals surface area contributed by atoms with Crippen molar-refractivity contribution in [3.8, 4) is 11.5 Å². The second-order valence-electron chi connectivity index (χ2n) is 6.89. The molecule has 5 nitrogen and oxygen atoms in total. The Kier molecular flexibility index (Phi) is 5.98. The Hall–Kier alpha value is -3.28. The molecule has 3 aromatic carbocycles. The largest absolute Gasteiger partial charge is 0.505 e. The maximum atomic E-state index is 13.1. The van der Waals surface area contributed by atoms with E-state index in [1.54, 1.807) is 72.9 Å². The lowest BCUT2D eigenvalue weighted by Gasteiger charge is -2.22. The van der Waals surface area contributed by atoms with Gasteiger partial charge in [-0.05, 0) is 54.1 Å². The van der Waals surface area contributed by atoms with Crippen molar-refractivity contribution in [3.05, 3.63) is 99.7 Å². The molecule has 1 amide bonds. The number of fused-ring (bicyclic) bond motifs is 1. The molecule has 0 aliphatic rings. The first-order chi connectivity index (χ1) is 15.0. The molecule has 0 aliphatic carbocycles. The van der Waals surface area contributed by atoms with Crippen LogP contribution < -0.4 is 10.1 Å². The quantitative estimate of drug-likeness (QED) is 0.402. The van der Waals surface area contributed by atoms with Crippen LogP contribution in [-0.4, -0.2) is 23.1 Å². The molecule has 0 saturated carbocycles. The smallest absolute Gasteiger partial charge is 0.252 e. The molecule has 0 aliphatic heterocycles. The summed E-state index contributed by atoms with van der Waals surface area (Å²) in [5, 5.41) is 15.6. The van der Waals surface area contributed by atoms with Crippen molar-refractivity contribution in [2.45, 2.75) is 6.04 Å². The minimum atomic E-state index is -0.695. The van der Waals surface area contributed by atoms with E-state index < -0.39 is 6.04 Å². The maximum Gasteiger partial charge on any atom is 0.252 e. The first-order valence-corrected chi connectivity index (χ1v) is 10.2. The molecule has 156 valence electrons. The summed E-state index contributed by atoms with van der Waals surface area (Å²) < 4.78 is 5.22. The summed E-state index contributed by atoms with van der Waals surface area (Å²) in [6.45, 7) is 0. The number of aromatic hydroxyl groups is 1. The first-order valence-electron chi connectivity index (χ1n) is 9.44. The van der Waals surface area contributed by atoms with Gasteiger partial charge in [-0.3, -0.25) is 9.78 Å². The highest BCUT2D eigenvalue weighted by Crippen LogP contribution is 2.38. The molecule has 0 saturated heterocycles. The van der Waals surface area contributed by atoms with E-state index in [1.165, 1.54) is 7.11 Å². The third-order valence-electron chi connectivity index (χ3n) is 4.97. The van der Waals surface area contributed by atoms with Gasteiger partial charge in [-0.25, -0.2) is 0 Å². The number of pyridine rings is 1.